The van der Waals surface area contributed by atoms with Crippen molar-refractivity contribution in [3.8, 4) is 0 Å². The summed E-state index contributed by atoms with van der Waals surface area (Å²) < 4.78 is 20.3. The molecule has 0 amide bonds. The second-order valence-electron chi connectivity index (χ2n) is 1.53. The molecule has 0 saturated heterocycles. The third-order valence-corrected chi connectivity index (χ3v) is 1.34. The zero-order valence-electron chi connectivity index (χ0n) is 4.79. The van der Waals surface area contributed by atoms with Gasteiger partial charge in [-0.1, -0.05) is 13.3 Å². The Morgan fingerprint density at radius 1 is 1.62 bits per heavy atom. The Morgan fingerprint density at radius 2 is 2.12 bits per heavy atom. The van der Waals surface area contributed by atoms with E-state index in [9.17, 15) is 8.42 Å². The van der Waals surface area contributed by atoms with Crippen LogP contribution in [0.2, 0.25) is 0 Å². The van der Waals surface area contributed by atoms with Gasteiger partial charge in [-0.3, -0.25) is 0 Å². The standard InChI is InChI=1S/C4H10NO2S/c1-2-3-4-8(5,6)7/h3H,2,4H2,1H3,(H2,5,6,7). The number of hydrogen-bond donors (Lipinski definition) is 1. The molecule has 0 unspecified atom stereocenters. The molecule has 0 aliphatic heterocycles. The SMILES string of the molecule is CC[CH]CS(N)(=O)=O. The fourth-order valence-electron chi connectivity index (χ4n) is 0.282. The highest BCUT2D eigenvalue weighted by molar-refractivity contribution is 7.89. The quantitative estimate of drug-likeness (QED) is 0.588. The van der Waals surface area contributed by atoms with Crippen molar-refractivity contribution in [1.29, 1.82) is 0 Å². The first kappa shape index (κ1) is 7.91. The molecule has 0 rings (SSSR count). The Bertz CT molecular complexity index is 138. The number of sulfonamides is 1. The number of unbranched alkanes of at least 4 members (excludes halogenated alkanes) is 1. The van der Waals surface area contributed by atoms with Crippen molar-refractivity contribution in [1.82, 2.24) is 0 Å². The summed E-state index contributed by atoms with van der Waals surface area (Å²) in [6, 6.07) is 0. The van der Waals surface area contributed by atoms with E-state index in [-0.39, 0.29) is 5.75 Å². The molecule has 0 aromatic carbocycles. The van der Waals surface area contributed by atoms with Crippen molar-refractivity contribution >= 4 is 10.0 Å². The zero-order chi connectivity index (χ0) is 6.62. The monoisotopic (exact) mass is 136 g/mol. The van der Waals surface area contributed by atoms with E-state index in [0.29, 0.717) is 0 Å². The Balaban J connectivity index is 3.42. The Hall–Kier alpha value is -0.0900. The molecule has 0 atom stereocenters. The predicted octanol–water partition coefficient (Wildman–Crippen LogP) is -0.111. The molecular weight excluding hydrogens is 126 g/mol. The topological polar surface area (TPSA) is 60.2 Å². The maximum Gasteiger partial charge on any atom is 0.209 e. The maximum absolute atomic E-state index is 10.1. The zero-order valence-corrected chi connectivity index (χ0v) is 5.61. The molecule has 0 spiro atoms. The van der Waals surface area contributed by atoms with Crippen LogP contribution in [0.3, 0.4) is 0 Å². The van der Waals surface area contributed by atoms with Gasteiger partial charge in [0.2, 0.25) is 10.0 Å². The first-order valence-electron chi connectivity index (χ1n) is 2.38. The Labute approximate surface area is 49.9 Å². The van der Waals surface area contributed by atoms with Gasteiger partial charge in [-0.05, 0) is 6.42 Å². The molecule has 1 radical (unpaired) electrons. The second kappa shape index (κ2) is 3.04. The smallest absolute Gasteiger partial charge is 0.209 e. The summed E-state index contributed by atoms with van der Waals surface area (Å²) in [5.74, 6) is -0.0104. The van der Waals surface area contributed by atoms with E-state index in [2.05, 4.69) is 5.14 Å². The molecule has 0 aromatic heterocycles. The lowest BCUT2D eigenvalue weighted by molar-refractivity contribution is 0.599. The molecule has 4 heteroatoms. The van der Waals surface area contributed by atoms with Gasteiger partial charge >= 0.3 is 0 Å². The number of primary sulfonamides is 1. The van der Waals surface area contributed by atoms with E-state index in [1.54, 1.807) is 6.42 Å². The van der Waals surface area contributed by atoms with Crippen LogP contribution in [0.4, 0.5) is 0 Å². The summed E-state index contributed by atoms with van der Waals surface area (Å²) in [6.45, 7) is 1.87. The average Bonchev–Trinajstić information content (AvgIpc) is 1.59. The lowest BCUT2D eigenvalue weighted by Gasteiger charge is -1.90. The van der Waals surface area contributed by atoms with Crippen LogP contribution in [0.25, 0.3) is 0 Å². The van der Waals surface area contributed by atoms with E-state index < -0.39 is 10.0 Å². The van der Waals surface area contributed by atoms with Crippen LogP contribution in [-0.2, 0) is 10.0 Å². The Kier molecular flexibility index (Phi) is 3.01. The second-order valence-corrected chi connectivity index (χ2v) is 3.19. The summed E-state index contributed by atoms with van der Waals surface area (Å²) in [4.78, 5) is 0. The van der Waals surface area contributed by atoms with Crippen molar-refractivity contribution in [2.75, 3.05) is 5.75 Å². The molecule has 0 aliphatic carbocycles. The molecule has 0 heterocycles. The van der Waals surface area contributed by atoms with Gasteiger partial charge in [0.25, 0.3) is 0 Å². The van der Waals surface area contributed by atoms with E-state index in [4.69, 9.17) is 0 Å². The van der Waals surface area contributed by atoms with Gasteiger partial charge in [0, 0.05) is 0 Å². The third kappa shape index (κ3) is 5.91. The van der Waals surface area contributed by atoms with Crippen LogP contribution < -0.4 is 5.14 Å². The fraction of sp³-hybridized carbons (Fsp3) is 0.750. The average molecular weight is 136 g/mol. The van der Waals surface area contributed by atoms with Gasteiger partial charge in [0.1, 0.15) is 0 Å². The van der Waals surface area contributed by atoms with Crippen molar-refractivity contribution in [2.24, 2.45) is 5.14 Å². The van der Waals surface area contributed by atoms with Crippen LogP contribution in [-0.4, -0.2) is 14.2 Å². The first-order valence-corrected chi connectivity index (χ1v) is 4.10. The van der Waals surface area contributed by atoms with Gasteiger partial charge in [-0.15, -0.1) is 0 Å². The lowest BCUT2D eigenvalue weighted by Crippen LogP contribution is -2.16. The van der Waals surface area contributed by atoms with Crippen molar-refractivity contribution in [3.05, 3.63) is 6.42 Å². The number of nitrogens with two attached hydrogens (primary N) is 1. The van der Waals surface area contributed by atoms with E-state index in [1.165, 1.54) is 0 Å². The summed E-state index contributed by atoms with van der Waals surface area (Å²) in [6.07, 6.45) is 2.37. The number of hydrogen-bond acceptors (Lipinski definition) is 2. The fourth-order valence-corrected chi connectivity index (χ4v) is 0.846. The summed E-state index contributed by atoms with van der Waals surface area (Å²) in [5.41, 5.74) is 0. The lowest BCUT2D eigenvalue weighted by atomic mass is 10.4. The van der Waals surface area contributed by atoms with Crippen molar-refractivity contribution in [3.63, 3.8) is 0 Å². The van der Waals surface area contributed by atoms with Crippen LogP contribution in [0.15, 0.2) is 0 Å². The maximum atomic E-state index is 10.1. The van der Waals surface area contributed by atoms with Crippen LogP contribution in [0.5, 0.6) is 0 Å². The highest BCUT2D eigenvalue weighted by Gasteiger charge is 1.98. The van der Waals surface area contributed by atoms with Gasteiger partial charge in [-0.2, -0.15) is 0 Å². The third-order valence-electron chi connectivity index (χ3n) is 0.639. The molecule has 3 nitrogen and oxygen atoms in total. The van der Waals surface area contributed by atoms with Gasteiger partial charge < -0.3 is 0 Å². The molecule has 0 aliphatic rings. The van der Waals surface area contributed by atoms with Crippen molar-refractivity contribution in [2.45, 2.75) is 13.3 Å². The minimum atomic E-state index is -3.24. The highest BCUT2D eigenvalue weighted by Crippen LogP contribution is 1.86. The minimum Gasteiger partial charge on any atom is -0.229 e. The summed E-state index contributed by atoms with van der Waals surface area (Å²) in [5, 5.41) is 4.66. The van der Waals surface area contributed by atoms with Crippen LogP contribution >= 0.6 is 0 Å². The predicted molar refractivity (Wildman–Crippen MR) is 32.6 cm³/mol. The van der Waals surface area contributed by atoms with Crippen LogP contribution in [0.1, 0.15) is 13.3 Å². The molecule has 49 valence electrons. The Morgan fingerprint density at radius 3 is 2.25 bits per heavy atom. The first-order chi connectivity index (χ1) is 3.56. The van der Waals surface area contributed by atoms with Crippen molar-refractivity contribution < 1.29 is 8.42 Å². The summed E-state index contributed by atoms with van der Waals surface area (Å²) >= 11 is 0. The minimum absolute atomic E-state index is 0.0104. The van der Waals surface area contributed by atoms with E-state index >= 15 is 0 Å². The molecule has 0 fully saturated rings. The largest absolute Gasteiger partial charge is 0.229 e. The molecule has 8 heavy (non-hydrogen) atoms. The molecule has 0 aromatic rings. The number of rotatable bonds is 3. The van der Waals surface area contributed by atoms with Gasteiger partial charge in [0.05, 0.1) is 5.75 Å². The summed E-state index contributed by atoms with van der Waals surface area (Å²) in [7, 11) is -3.24. The van der Waals surface area contributed by atoms with E-state index in [1.807, 2.05) is 6.92 Å². The van der Waals surface area contributed by atoms with Gasteiger partial charge in [0.15, 0.2) is 0 Å². The molecule has 0 saturated carbocycles. The normalized spacial score (nSPS) is 11.8. The molecular formula is C4H10NO2S. The van der Waals surface area contributed by atoms with Gasteiger partial charge in [-0.25, -0.2) is 13.6 Å². The van der Waals surface area contributed by atoms with E-state index in [0.717, 1.165) is 6.42 Å². The molecule has 2 N–H and O–H groups in total. The molecule has 0 bridgehead atoms. The highest BCUT2D eigenvalue weighted by atomic mass is 32.2. The van der Waals surface area contributed by atoms with Crippen LogP contribution in [0, 0.1) is 6.42 Å².